The first kappa shape index (κ1) is 18.4. The molecule has 0 saturated carbocycles. The van der Waals surface area contributed by atoms with Crippen LogP contribution in [0.4, 0.5) is 0 Å². The molecule has 0 aromatic heterocycles. The van der Waals surface area contributed by atoms with E-state index in [2.05, 4.69) is 5.32 Å². The number of rotatable bonds is 9. The number of Topliss-reactive ketones (excluding diaryl/α,β-unsaturated/α-hetero) is 1. The third-order valence-electron chi connectivity index (χ3n) is 3.83. The van der Waals surface area contributed by atoms with Crippen molar-refractivity contribution < 1.29 is 14.4 Å². The van der Waals surface area contributed by atoms with Crippen molar-refractivity contribution in [3.05, 3.63) is 71.8 Å². The van der Waals surface area contributed by atoms with Crippen molar-refractivity contribution in [2.24, 2.45) is 5.73 Å². The van der Waals surface area contributed by atoms with Gasteiger partial charge in [0.25, 0.3) is 0 Å². The molecule has 3 N–H and O–H groups in total. The lowest BCUT2D eigenvalue weighted by atomic mass is 9.97. The summed E-state index contributed by atoms with van der Waals surface area (Å²) in [5, 5.41) is 2.74. The first-order valence-corrected chi connectivity index (χ1v) is 8.23. The number of carbonyl (C=O) groups is 3. The molecule has 0 aliphatic carbocycles. The molecular weight excluding hydrogens is 316 g/mol. The van der Waals surface area contributed by atoms with Crippen LogP contribution in [0, 0.1) is 0 Å². The summed E-state index contributed by atoms with van der Waals surface area (Å²) < 4.78 is 0. The van der Waals surface area contributed by atoms with Gasteiger partial charge in [0.1, 0.15) is 0 Å². The Kier molecular flexibility index (Phi) is 6.89. The number of benzene rings is 2. The van der Waals surface area contributed by atoms with Crippen LogP contribution < -0.4 is 11.1 Å². The fraction of sp³-hybridized carbons (Fsp3) is 0.250. The molecule has 2 aromatic rings. The van der Waals surface area contributed by atoms with E-state index in [-0.39, 0.29) is 31.0 Å². The van der Waals surface area contributed by atoms with Crippen LogP contribution in [0.3, 0.4) is 0 Å². The molecule has 2 rings (SSSR count). The number of hydrogen-bond donors (Lipinski definition) is 2. The lowest BCUT2D eigenvalue weighted by Gasteiger charge is -2.18. The summed E-state index contributed by atoms with van der Waals surface area (Å²) in [7, 11) is 0. The highest BCUT2D eigenvalue weighted by molar-refractivity contribution is 5.91. The van der Waals surface area contributed by atoms with Gasteiger partial charge in [-0.05, 0) is 17.5 Å². The fourth-order valence-electron chi connectivity index (χ4n) is 2.52. The molecule has 5 nitrogen and oxygen atoms in total. The topological polar surface area (TPSA) is 89.3 Å². The summed E-state index contributed by atoms with van der Waals surface area (Å²) in [6.45, 7) is 0. The van der Waals surface area contributed by atoms with Gasteiger partial charge in [-0.2, -0.15) is 0 Å². The minimum atomic E-state index is -0.636. The van der Waals surface area contributed by atoms with Gasteiger partial charge in [0.05, 0.1) is 6.04 Å². The number of hydrogen-bond acceptors (Lipinski definition) is 3. The number of nitrogens with one attached hydrogen (secondary N) is 1. The van der Waals surface area contributed by atoms with Crippen LogP contribution in [0.1, 0.15) is 24.0 Å². The molecule has 0 heterocycles. The van der Waals surface area contributed by atoms with Crippen LogP contribution in [0.2, 0.25) is 0 Å². The summed E-state index contributed by atoms with van der Waals surface area (Å²) in [5.74, 6) is -0.950. The van der Waals surface area contributed by atoms with Crippen molar-refractivity contribution >= 4 is 17.6 Å². The average molecular weight is 338 g/mol. The van der Waals surface area contributed by atoms with Crippen LogP contribution >= 0.6 is 0 Å². The van der Waals surface area contributed by atoms with Crippen molar-refractivity contribution in [3.8, 4) is 0 Å². The van der Waals surface area contributed by atoms with Crippen molar-refractivity contribution in [1.29, 1.82) is 0 Å². The molecule has 5 heteroatoms. The lowest BCUT2D eigenvalue weighted by molar-refractivity contribution is -0.128. The summed E-state index contributed by atoms with van der Waals surface area (Å²) >= 11 is 0. The number of ketones is 1. The Hall–Kier alpha value is -2.95. The van der Waals surface area contributed by atoms with E-state index in [9.17, 15) is 14.4 Å². The van der Waals surface area contributed by atoms with E-state index in [0.717, 1.165) is 11.1 Å². The van der Waals surface area contributed by atoms with Crippen LogP contribution in [0.25, 0.3) is 0 Å². The predicted molar refractivity (Wildman–Crippen MR) is 95.7 cm³/mol. The number of primary amides is 1. The zero-order valence-corrected chi connectivity index (χ0v) is 14.0. The van der Waals surface area contributed by atoms with Gasteiger partial charge in [-0.15, -0.1) is 0 Å². The molecule has 1 unspecified atom stereocenters. The third kappa shape index (κ3) is 6.59. The Morgan fingerprint density at radius 2 is 1.40 bits per heavy atom. The summed E-state index contributed by atoms with van der Waals surface area (Å²) in [4.78, 5) is 35.5. The first-order chi connectivity index (χ1) is 12.0. The van der Waals surface area contributed by atoms with Gasteiger partial charge in [0.15, 0.2) is 5.78 Å². The highest BCUT2D eigenvalue weighted by Crippen LogP contribution is 2.08. The SMILES string of the molecule is NC(=O)CCC(=O)NC(Cc1ccccc1)C(=O)Cc1ccccc1. The molecule has 0 radical (unpaired) electrons. The lowest BCUT2D eigenvalue weighted by Crippen LogP contribution is -2.43. The van der Waals surface area contributed by atoms with Gasteiger partial charge in [0, 0.05) is 19.3 Å². The molecule has 0 saturated heterocycles. The quantitative estimate of drug-likeness (QED) is 0.730. The minimum absolute atomic E-state index is 0.0146. The van der Waals surface area contributed by atoms with Gasteiger partial charge < -0.3 is 11.1 Å². The average Bonchev–Trinajstić information content (AvgIpc) is 2.61. The van der Waals surface area contributed by atoms with Crippen LogP contribution in [0.5, 0.6) is 0 Å². The predicted octanol–water partition coefficient (Wildman–Crippen LogP) is 1.79. The minimum Gasteiger partial charge on any atom is -0.370 e. The standard InChI is InChI=1S/C20H22N2O3/c21-19(24)11-12-20(25)22-17(13-15-7-3-1-4-8-15)18(23)14-16-9-5-2-6-10-16/h1-10,17H,11-14H2,(H2,21,24)(H,22,25). The zero-order chi connectivity index (χ0) is 18.1. The Morgan fingerprint density at radius 1 is 0.840 bits per heavy atom. The molecular formula is C20H22N2O3. The van der Waals surface area contributed by atoms with E-state index < -0.39 is 11.9 Å². The Morgan fingerprint density at radius 3 is 1.96 bits per heavy atom. The maximum atomic E-state index is 12.7. The number of nitrogens with two attached hydrogens (primary N) is 1. The molecule has 0 spiro atoms. The Balaban J connectivity index is 2.06. The van der Waals surface area contributed by atoms with E-state index >= 15 is 0 Å². The van der Waals surface area contributed by atoms with Crippen LogP contribution in [-0.2, 0) is 27.2 Å². The molecule has 0 aliphatic heterocycles. The largest absolute Gasteiger partial charge is 0.370 e. The molecule has 0 aliphatic rings. The van der Waals surface area contributed by atoms with Gasteiger partial charge in [-0.25, -0.2) is 0 Å². The molecule has 1 atom stereocenters. The van der Waals surface area contributed by atoms with Crippen LogP contribution in [-0.4, -0.2) is 23.6 Å². The number of amides is 2. The van der Waals surface area contributed by atoms with Crippen LogP contribution in [0.15, 0.2) is 60.7 Å². The maximum absolute atomic E-state index is 12.7. The second-order valence-electron chi connectivity index (χ2n) is 5.90. The summed E-state index contributed by atoms with van der Waals surface area (Å²) in [5.41, 5.74) is 6.93. The fourth-order valence-corrected chi connectivity index (χ4v) is 2.52. The number of carbonyl (C=O) groups excluding carboxylic acids is 3. The van der Waals surface area contributed by atoms with Gasteiger partial charge in [-0.1, -0.05) is 60.7 Å². The molecule has 2 aromatic carbocycles. The van der Waals surface area contributed by atoms with Crippen molar-refractivity contribution in [3.63, 3.8) is 0 Å². The van der Waals surface area contributed by atoms with E-state index in [0.29, 0.717) is 6.42 Å². The van der Waals surface area contributed by atoms with Gasteiger partial charge in [0.2, 0.25) is 11.8 Å². The zero-order valence-electron chi connectivity index (χ0n) is 14.0. The molecule has 25 heavy (non-hydrogen) atoms. The highest BCUT2D eigenvalue weighted by atomic mass is 16.2. The molecule has 0 bridgehead atoms. The summed E-state index contributed by atoms with van der Waals surface area (Å²) in [6.07, 6.45) is 0.610. The molecule has 2 amide bonds. The highest BCUT2D eigenvalue weighted by Gasteiger charge is 2.21. The second-order valence-corrected chi connectivity index (χ2v) is 5.90. The molecule has 0 fully saturated rings. The maximum Gasteiger partial charge on any atom is 0.221 e. The Labute approximate surface area is 147 Å². The third-order valence-corrected chi connectivity index (χ3v) is 3.83. The van der Waals surface area contributed by atoms with Crippen molar-refractivity contribution in [1.82, 2.24) is 5.32 Å². The van der Waals surface area contributed by atoms with E-state index in [4.69, 9.17) is 5.73 Å². The monoisotopic (exact) mass is 338 g/mol. The van der Waals surface area contributed by atoms with E-state index in [1.54, 1.807) is 0 Å². The molecule has 130 valence electrons. The van der Waals surface area contributed by atoms with Gasteiger partial charge >= 0.3 is 0 Å². The van der Waals surface area contributed by atoms with Crippen molar-refractivity contribution in [2.75, 3.05) is 0 Å². The first-order valence-electron chi connectivity index (χ1n) is 8.23. The van der Waals surface area contributed by atoms with E-state index in [1.165, 1.54) is 0 Å². The van der Waals surface area contributed by atoms with E-state index in [1.807, 2.05) is 60.7 Å². The second kappa shape index (κ2) is 9.37. The van der Waals surface area contributed by atoms with Gasteiger partial charge in [-0.3, -0.25) is 14.4 Å². The normalized spacial score (nSPS) is 11.5. The summed E-state index contributed by atoms with van der Waals surface area (Å²) in [6, 6.07) is 18.3. The smallest absolute Gasteiger partial charge is 0.221 e. The Bertz CT molecular complexity index is 714. The van der Waals surface area contributed by atoms with Crippen molar-refractivity contribution in [2.45, 2.75) is 31.7 Å².